The van der Waals surface area contributed by atoms with Gasteiger partial charge < -0.3 is 10.1 Å². The molecule has 3 aromatic rings. The average molecular weight is 389 g/mol. The van der Waals surface area contributed by atoms with Crippen LogP contribution in [0.1, 0.15) is 23.7 Å². The highest BCUT2D eigenvalue weighted by atomic mass is 16.5. The number of morpholine rings is 1. The lowest BCUT2D eigenvalue weighted by Gasteiger charge is -2.33. The first kappa shape index (κ1) is 19.6. The van der Waals surface area contributed by atoms with Crippen molar-refractivity contribution in [2.75, 3.05) is 32.8 Å². The van der Waals surface area contributed by atoms with Gasteiger partial charge in [-0.15, -0.1) is 0 Å². The Bertz CT molecular complexity index is 936. The van der Waals surface area contributed by atoms with E-state index in [1.165, 1.54) is 10.9 Å². The van der Waals surface area contributed by atoms with Gasteiger partial charge in [0.2, 0.25) is 5.91 Å². The van der Waals surface area contributed by atoms with Crippen LogP contribution in [-0.4, -0.2) is 43.6 Å². The zero-order valence-electron chi connectivity index (χ0n) is 16.7. The van der Waals surface area contributed by atoms with E-state index < -0.39 is 0 Å². The number of nitrogens with one attached hydrogen (secondary N) is 1. The summed E-state index contributed by atoms with van der Waals surface area (Å²) in [5, 5.41) is 5.42. The van der Waals surface area contributed by atoms with Crippen molar-refractivity contribution in [1.82, 2.24) is 10.2 Å². The number of hydrogen-bond donors (Lipinski definition) is 1. The van der Waals surface area contributed by atoms with Crippen LogP contribution in [-0.2, 0) is 16.0 Å². The van der Waals surface area contributed by atoms with E-state index in [4.69, 9.17) is 4.74 Å². The summed E-state index contributed by atoms with van der Waals surface area (Å²) in [5.74, 6) is 0.0884. The molecule has 4 heteroatoms. The molecule has 1 atom stereocenters. The van der Waals surface area contributed by atoms with Crippen molar-refractivity contribution in [2.45, 2.75) is 18.9 Å². The Hall–Kier alpha value is -2.69. The third-order valence-corrected chi connectivity index (χ3v) is 5.53. The second kappa shape index (κ2) is 9.68. The monoisotopic (exact) mass is 388 g/mol. The summed E-state index contributed by atoms with van der Waals surface area (Å²) in [5.41, 5.74) is 2.32. The van der Waals surface area contributed by atoms with Crippen LogP contribution < -0.4 is 5.32 Å². The molecule has 0 bridgehead atoms. The number of ether oxygens (including phenoxy) is 1. The molecule has 150 valence electrons. The normalized spacial score (nSPS) is 17.3. The van der Waals surface area contributed by atoms with Crippen molar-refractivity contribution >= 4 is 16.7 Å². The molecule has 1 aliphatic heterocycles. The van der Waals surface area contributed by atoms with Gasteiger partial charge in [-0.05, 0) is 28.3 Å². The molecule has 1 fully saturated rings. The lowest BCUT2D eigenvalue weighted by Crippen LogP contribution is -2.40. The lowest BCUT2D eigenvalue weighted by molar-refractivity contribution is -0.120. The van der Waals surface area contributed by atoms with Crippen LogP contribution in [0, 0.1) is 0 Å². The van der Waals surface area contributed by atoms with Crippen molar-refractivity contribution in [2.24, 2.45) is 0 Å². The molecule has 0 aromatic heterocycles. The van der Waals surface area contributed by atoms with Crippen molar-refractivity contribution < 1.29 is 9.53 Å². The quantitative estimate of drug-likeness (QED) is 0.623. The topological polar surface area (TPSA) is 41.6 Å². The minimum atomic E-state index is 0.0884. The van der Waals surface area contributed by atoms with Gasteiger partial charge in [0.15, 0.2) is 0 Å². The number of carbonyl (C=O) groups excluding carboxylic acids is 1. The summed E-state index contributed by atoms with van der Waals surface area (Å²) in [6.07, 6.45) is 1.52. The second-order valence-electron chi connectivity index (χ2n) is 7.59. The molecule has 4 nitrogen and oxygen atoms in total. The summed E-state index contributed by atoms with van der Waals surface area (Å²) < 4.78 is 5.93. The molecule has 0 saturated carbocycles. The maximum absolute atomic E-state index is 12.4. The van der Waals surface area contributed by atoms with E-state index in [1.807, 2.05) is 30.3 Å². The maximum atomic E-state index is 12.4. The van der Waals surface area contributed by atoms with Crippen LogP contribution in [0.5, 0.6) is 0 Å². The highest BCUT2D eigenvalue weighted by Gasteiger charge is 2.21. The van der Waals surface area contributed by atoms with E-state index >= 15 is 0 Å². The number of carbonyl (C=O) groups is 1. The van der Waals surface area contributed by atoms with Gasteiger partial charge in [-0.1, -0.05) is 72.8 Å². The Labute approximate surface area is 172 Å². The van der Waals surface area contributed by atoms with E-state index in [9.17, 15) is 4.79 Å². The van der Waals surface area contributed by atoms with E-state index in [1.54, 1.807) is 0 Å². The molecule has 1 N–H and O–H groups in total. The lowest BCUT2D eigenvalue weighted by atomic mass is 10.0. The third-order valence-electron chi connectivity index (χ3n) is 5.53. The maximum Gasteiger partial charge on any atom is 0.224 e. The number of benzene rings is 3. The first-order valence-electron chi connectivity index (χ1n) is 10.4. The van der Waals surface area contributed by atoms with Gasteiger partial charge in [0.1, 0.15) is 0 Å². The highest BCUT2D eigenvalue weighted by molar-refractivity contribution is 5.90. The average Bonchev–Trinajstić information content (AvgIpc) is 2.78. The summed E-state index contributed by atoms with van der Waals surface area (Å²) >= 11 is 0. The third kappa shape index (κ3) is 5.22. The van der Waals surface area contributed by atoms with E-state index in [0.29, 0.717) is 13.0 Å². The number of amides is 1. The predicted molar refractivity (Wildman–Crippen MR) is 117 cm³/mol. The van der Waals surface area contributed by atoms with E-state index in [-0.39, 0.29) is 12.0 Å². The van der Waals surface area contributed by atoms with Crippen LogP contribution in [0.25, 0.3) is 10.8 Å². The molecular formula is C25H28N2O2. The molecule has 1 amide bonds. The molecule has 0 unspecified atom stereocenters. The van der Waals surface area contributed by atoms with E-state index in [0.717, 1.165) is 43.6 Å². The van der Waals surface area contributed by atoms with Crippen molar-refractivity contribution in [3.05, 3.63) is 83.9 Å². The van der Waals surface area contributed by atoms with E-state index in [2.05, 4.69) is 52.7 Å². The highest BCUT2D eigenvalue weighted by Crippen LogP contribution is 2.22. The Morgan fingerprint density at radius 1 is 1.00 bits per heavy atom. The Morgan fingerprint density at radius 2 is 1.79 bits per heavy atom. The van der Waals surface area contributed by atoms with Gasteiger partial charge in [0.25, 0.3) is 0 Å². The number of rotatable bonds is 7. The molecule has 0 radical (unpaired) electrons. The molecule has 0 aliphatic carbocycles. The Balaban J connectivity index is 1.22. The molecule has 1 aliphatic rings. The zero-order chi connectivity index (χ0) is 19.9. The summed E-state index contributed by atoms with van der Waals surface area (Å²) in [4.78, 5) is 14.8. The number of nitrogens with zero attached hydrogens (tertiary/aromatic N) is 1. The van der Waals surface area contributed by atoms with Gasteiger partial charge in [-0.25, -0.2) is 0 Å². The predicted octanol–water partition coefficient (Wildman–Crippen LogP) is 3.96. The van der Waals surface area contributed by atoms with Gasteiger partial charge >= 0.3 is 0 Å². The van der Waals surface area contributed by atoms with Crippen LogP contribution in [0.3, 0.4) is 0 Å². The minimum Gasteiger partial charge on any atom is -0.371 e. The second-order valence-corrected chi connectivity index (χ2v) is 7.59. The standard InChI is InChI=1S/C25H28N2O2/c28-25(18-22-12-6-11-20-8-4-5-13-23(20)22)26-14-7-15-27-16-17-29-24(19-27)21-9-2-1-3-10-21/h1-6,8-13,24H,7,14-19H2,(H,26,28)/t24-/m1/s1. The summed E-state index contributed by atoms with van der Waals surface area (Å²) in [6.45, 7) is 4.30. The van der Waals surface area contributed by atoms with Crippen LogP contribution in [0.15, 0.2) is 72.8 Å². The summed E-state index contributed by atoms with van der Waals surface area (Å²) in [6, 6.07) is 24.8. The zero-order valence-corrected chi connectivity index (χ0v) is 16.7. The Kier molecular flexibility index (Phi) is 6.55. The van der Waals surface area contributed by atoms with Crippen molar-refractivity contribution in [3.8, 4) is 0 Å². The minimum absolute atomic E-state index is 0.0884. The summed E-state index contributed by atoms with van der Waals surface area (Å²) in [7, 11) is 0. The molecule has 0 spiro atoms. The first-order chi connectivity index (χ1) is 14.3. The van der Waals surface area contributed by atoms with Crippen molar-refractivity contribution in [1.29, 1.82) is 0 Å². The first-order valence-corrected chi connectivity index (χ1v) is 10.4. The largest absolute Gasteiger partial charge is 0.371 e. The fourth-order valence-electron chi connectivity index (χ4n) is 3.99. The Morgan fingerprint density at radius 3 is 2.69 bits per heavy atom. The van der Waals surface area contributed by atoms with Gasteiger partial charge in [-0.3, -0.25) is 9.69 Å². The number of fused-ring (bicyclic) bond motifs is 1. The van der Waals surface area contributed by atoms with Crippen LogP contribution >= 0.6 is 0 Å². The number of hydrogen-bond acceptors (Lipinski definition) is 3. The molecule has 29 heavy (non-hydrogen) atoms. The van der Waals surface area contributed by atoms with Gasteiger partial charge in [0.05, 0.1) is 19.1 Å². The molecule has 4 rings (SSSR count). The molecule has 1 heterocycles. The van der Waals surface area contributed by atoms with Crippen LogP contribution in [0.2, 0.25) is 0 Å². The van der Waals surface area contributed by atoms with Crippen LogP contribution in [0.4, 0.5) is 0 Å². The van der Waals surface area contributed by atoms with Gasteiger partial charge in [0, 0.05) is 26.2 Å². The molecule has 1 saturated heterocycles. The van der Waals surface area contributed by atoms with Crippen molar-refractivity contribution in [3.63, 3.8) is 0 Å². The van der Waals surface area contributed by atoms with Gasteiger partial charge in [-0.2, -0.15) is 0 Å². The smallest absolute Gasteiger partial charge is 0.224 e. The fraction of sp³-hybridized carbons (Fsp3) is 0.320. The molecular weight excluding hydrogens is 360 g/mol. The fourth-order valence-corrected chi connectivity index (χ4v) is 3.99. The SMILES string of the molecule is O=C(Cc1cccc2ccccc12)NCCCN1CCO[C@@H](c2ccccc2)C1. The molecule has 3 aromatic carbocycles.